The Labute approximate surface area is 115 Å². The summed E-state index contributed by atoms with van der Waals surface area (Å²) < 4.78 is 0. The van der Waals surface area contributed by atoms with E-state index >= 15 is 0 Å². The molecule has 1 N–H and O–H groups in total. The number of carbonyl (C=O) groups excluding carboxylic acids is 1. The third-order valence-corrected chi connectivity index (χ3v) is 6.79. The third-order valence-electron chi connectivity index (χ3n) is 6.79. The molecule has 2 saturated carbocycles. The fourth-order valence-corrected chi connectivity index (χ4v) is 6.09. The average molecular weight is 263 g/mol. The number of carbonyl (C=O) groups is 1. The second-order valence-corrected chi connectivity index (χ2v) is 7.44. The fraction of sp³-hybridized carbons (Fsp3) is 0.938. The molecular formula is C16H25NO2. The number of hydrogen-bond donors (Lipinski definition) is 1. The van der Waals surface area contributed by atoms with Crippen LogP contribution in [0.2, 0.25) is 0 Å². The molecule has 19 heavy (non-hydrogen) atoms. The van der Waals surface area contributed by atoms with Gasteiger partial charge in [-0.3, -0.25) is 9.69 Å². The SMILES string of the molecule is CC1CC2N3CCCC4C(=O)CC(C1O)C42CCC3. The second-order valence-electron chi connectivity index (χ2n) is 7.44. The van der Waals surface area contributed by atoms with E-state index in [0.29, 0.717) is 24.2 Å². The van der Waals surface area contributed by atoms with Crippen molar-refractivity contribution in [1.82, 2.24) is 4.90 Å². The monoisotopic (exact) mass is 263 g/mol. The average Bonchev–Trinajstić information content (AvgIpc) is 2.62. The molecule has 1 spiro atoms. The van der Waals surface area contributed by atoms with Crippen LogP contribution in [0.3, 0.4) is 0 Å². The highest BCUT2D eigenvalue weighted by Gasteiger charge is 2.65. The van der Waals surface area contributed by atoms with Crippen molar-refractivity contribution in [3.8, 4) is 0 Å². The van der Waals surface area contributed by atoms with E-state index in [1.54, 1.807) is 0 Å². The van der Waals surface area contributed by atoms with Gasteiger partial charge in [0.15, 0.2) is 0 Å². The minimum Gasteiger partial charge on any atom is -0.393 e. The van der Waals surface area contributed by atoms with Crippen molar-refractivity contribution >= 4 is 5.78 Å². The van der Waals surface area contributed by atoms with E-state index in [9.17, 15) is 9.90 Å². The quantitative estimate of drug-likeness (QED) is 0.725. The molecule has 4 fully saturated rings. The first kappa shape index (κ1) is 12.3. The topological polar surface area (TPSA) is 40.5 Å². The van der Waals surface area contributed by atoms with Gasteiger partial charge in [-0.1, -0.05) is 6.92 Å². The van der Waals surface area contributed by atoms with Gasteiger partial charge in [-0.15, -0.1) is 0 Å². The van der Waals surface area contributed by atoms with Crippen LogP contribution in [0.25, 0.3) is 0 Å². The van der Waals surface area contributed by atoms with Crippen molar-refractivity contribution in [2.24, 2.45) is 23.2 Å². The van der Waals surface area contributed by atoms with Crippen LogP contribution in [-0.2, 0) is 4.79 Å². The minimum atomic E-state index is -0.247. The molecule has 2 aliphatic heterocycles. The van der Waals surface area contributed by atoms with Crippen molar-refractivity contribution in [3.63, 3.8) is 0 Å². The lowest BCUT2D eigenvalue weighted by atomic mass is 9.54. The molecular weight excluding hydrogens is 238 g/mol. The van der Waals surface area contributed by atoms with Gasteiger partial charge in [-0.05, 0) is 57.0 Å². The summed E-state index contributed by atoms with van der Waals surface area (Å²) in [5.41, 5.74) is 0.137. The number of rotatable bonds is 0. The van der Waals surface area contributed by atoms with Crippen LogP contribution < -0.4 is 0 Å². The largest absolute Gasteiger partial charge is 0.393 e. The number of aliphatic hydroxyl groups excluding tert-OH is 1. The lowest BCUT2D eigenvalue weighted by molar-refractivity contribution is -0.135. The maximum Gasteiger partial charge on any atom is 0.137 e. The maximum atomic E-state index is 12.5. The number of Topliss-reactive ketones (excluding diaryl/α,β-unsaturated/α-hetero) is 1. The molecule has 2 bridgehead atoms. The summed E-state index contributed by atoms with van der Waals surface area (Å²) in [5, 5.41) is 10.6. The first-order valence-corrected chi connectivity index (χ1v) is 8.09. The summed E-state index contributed by atoms with van der Waals surface area (Å²) in [7, 11) is 0. The summed E-state index contributed by atoms with van der Waals surface area (Å²) in [4.78, 5) is 15.2. The van der Waals surface area contributed by atoms with Gasteiger partial charge in [0.25, 0.3) is 0 Å². The van der Waals surface area contributed by atoms with Gasteiger partial charge in [0.1, 0.15) is 5.78 Å². The van der Waals surface area contributed by atoms with Crippen LogP contribution in [0, 0.1) is 23.2 Å². The fourth-order valence-electron chi connectivity index (χ4n) is 6.09. The van der Waals surface area contributed by atoms with Gasteiger partial charge in [0.2, 0.25) is 0 Å². The van der Waals surface area contributed by atoms with E-state index < -0.39 is 0 Å². The predicted molar refractivity (Wildman–Crippen MR) is 72.7 cm³/mol. The Balaban J connectivity index is 1.85. The molecule has 7 unspecified atom stereocenters. The van der Waals surface area contributed by atoms with Crippen molar-refractivity contribution < 1.29 is 9.90 Å². The van der Waals surface area contributed by atoms with Crippen molar-refractivity contribution in [1.29, 1.82) is 0 Å². The Hall–Kier alpha value is -0.410. The molecule has 2 saturated heterocycles. The Morgan fingerprint density at radius 3 is 2.95 bits per heavy atom. The summed E-state index contributed by atoms with van der Waals surface area (Å²) in [6, 6.07) is 0.573. The van der Waals surface area contributed by atoms with Gasteiger partial charge in [0.05, 0.1) is 6.10 Å². The zero-order valence-corrected chi connectivity index (χ0v) is 11.8. The van der Waals surface area contributed by atoms with Crippen LogP contribution in [0.1, 0.15) is 45.4 Å². The third kappa shape index (κ3) is 1.43. The Kier molecular flexibility index (Phi) is 2.63. The standard InChI is InChI=1S/C16H25NO2/c1-10-8-14-16-5-3-7-17(14)6-2-4-11(16)13(18)9-12(16)15(10)19/h10-12,14-15,19H,2-9H2,1H3. The van der Waals surface area contributed by atoms with Crippen LogP contribution in [-0.4, -0.2) is 41.0 Å². The van der Waals surface area contributed by atoms with Crippen LogP contribution >= 0.6 is 0 Å². The van der Waals surface area contributed by atoms with Crippen LogP contribution in [0.15, 0.2) is 0 Å². The molecule has 0 radical (unpaired) electrons. The summed E-state index contributed by atoms with van der Waals surface area (Å²) in [6.45, 7) is 4.56. The molecule has 0 aromatic heterocycles. The number of nitrogens with zero attached hydrogens (tertiary/aromatic N) is 1. The molecule has 2 heterocycles. The molecule has 4 aliphatic rings. The molecule has 0 amide bonds. The molecule has 4 rings (SSSR count). The smallest absolute Gasteiger partial charge is 0.137 e. The van der Waals surface area contributed by atoms with E-state index in [2.05, 4.69) is 11.8 Å². The highest BCUT2D eigenvalue weighted by atomic mass is 16.3. The van der Waals surface area contributed by atoms with Gasteiger partial charge in [-0.25, -0.2) is 0 Å². The summed E-state index contributed by atoms with van der Waals surface area (Å²) in [6.07, 6.45) is 6.15. The van der Waals surface area contributed by atoms with Crippen molar-refractivity contribution in [3.05, 3.63) is 0 Å². The zero-order chi connectivity index (χ0) is 13.2. The Bertz CT molecular complexity index is 410. The maximum absolute atomic E-state index is 12.5. The Morgan fingerprint density at radius 1 is 1.32 bits per heavy atom. The number of hydrogen-bond acceptors (Lipinski definition) is 3. The molecule has 3 heteroatoms. The van der Waals surface area contributed by atoms with Crippen LogP contribution in [0.5, 0.6) is 0 Å². The summed E-state index contributed by atoms with van der Waals surface area (Å²) in [5.74, 6) is 1.33. The molecule has 0 aromatic carbocycles. The normalized spacial score (nSPS) is 56.6. The molecule has 7 atom stereocenters. The van der Waals surface area contributed by atoms with Crippen molar-refractivity contribution in [2.75, 3.05) is 13.1 Å². The highest BCUT2D eigenvalue weighted by Crippen LogP contribution is 2.62. The van der Waals surface area contributed by atoms with Gasteiger partial charge in [0, 0.05) is 23.8 Å². The number of piperidine rings is 1. The summed E-state index contributed by atoms with van der Waals surface area (Å²) >= 11 is 0. The Morgan fingerprint density at radius 2 is 2.11 bits per heavy atom. The minimum absolute atomic E-state index is 0.137. The zero-order valence-electron chi connectivity index (χ0n) is 11.8. The second kappa shape index (κ2) is 4.05. The van der Waals surface area contributed by atoms with Crippen molar-refractivity contribution in [2.45, 2.75) is 57.6 Å². The molecule has 3 nitrogen and oxygen atoms in total. The molecule has 106 valence electrons. The predicted octanol–water partition coefficient (Wildman–Crippen LogP) is 1.84. The van der Waals surface area contributed by atoms with E-state index in [0.717, 1.165) is 12.8 Å². The molecule has 0 aromatic rings. The van der Waals surface area contributed by atoms with E-state index in [4.69, 9.17) is 0 Å². The van der Waals surface area contributed by atoms with Gasteiger partial charge >= 0.3 is 0 Å². The lowest BCUT2D eigenvalue weighted by Gasteiger charge is -2.57. The lowest BCUT2D eigenvalue weighted by Crippen LogP contribution is -2.61. The van der Waals surface area contributed by atoms with Gasteiger partial charge < -0.3 is 5.11 Å². The van der Waals surface area contributed by atoms with Gasteiger partial charge in [-0.2, -0.15) is 0 Å². The number of aliphatic hydroxyl groups is 1. The highest BCUT2D eigenvalue weighted by molar-refractivity contribution is 5.85. The van der Waals surface area contributed by atoms with E-state index in [1.165, 1.54) is 32.4 Å². The van der Waals surface area contributed by atoms with E-state index in [-0.39, 0.29) is 23.4 Å². The van der Waals surface area contributed by atoms with E-state index in [1.807, 2.05) is 0 Å². The first-order chi connectivity index (χ1) is 9.14. The first-order valence-electron chi connectivity index (χ1n) is 8.09. The van der Waals surface area contributed by atoms with Crippen LogP contribution in [0.4, 0.5) is 0 Å². The molecule has 2 aliphatic carbocycles. The number of ketones is 1.